The van der Waals surface area contributed by atoms with Crippen LogP contribution < -0.4 is 0 Å². The summed E-state index contributed by atoms with van der Waals surface area (Å²) in [7, 11) is 0. The molecule has 11 heteroatoms. The van der Waals surface area contributed by atoms with Crippen molar-refractivity contribution in [2.24, 2.45) is 0 Å². The van der Waals surface area contributed by atoms with Crippen LogP contribution in [-0.2, 0) is 48.9 Å². The molecule has 2 radical (unpaired) electrons. The van der Waals surface area contributed by atoms with Crippen LogP contribution >= 0.6 is 0 Å². The quantitative estimate of drug-likeness (QED) is 0.477. The van der Waals surface area contributed by atoms with E-state index in [0.717, 1.165) is 0 Å². The Morgan fingerprint density at radius 3 is 0.636 bits per heavy atom. The average Bonchev–Trinajstić information content (AvgIpc) is 1.12. The molecule has 0 rings (SSSR count). The van der Waals surface area contributed by atoms with Crippen LogP contribution in [0.4, 0.5) is 0 Å². The summed E-state index contributed by atoms with van der Waals surface area (Å²) in [6, 6.07) is 0. The van der Waals surface area contributed by atoms with Crippen molar-refractivity contribution >= 4 is 45.5 Å². The molecule has 2 N–H and O–H groups in total. The summed E-state index contributed by atoms with van der Waals surface area (Å²) in [6.07, 6.45) is 0. The van der Waals surface area contributed by atoms with Crippen molar-refractivity contribution in [3.63, 3.8) is 0 Å². The van der Waals surface area contributed by atoms with E-state index in [1.54, 1.807) is 0 Å². The third kappa shape index (κ3) is 625. The molecule has 0 atom stereocenters. The Morgan fingerprint density at radius 1 is 0.636 bits per heavy atom. The Bertz CT molecular complexity index is 296. The molecule has 0 saturated carbocycles. The van der Waals surface area contributed by atoms with Crippen molar-refractivity contribution in [1.29, 1.82) is 0 Å². The minimum absolute atomic E-state index is 0. The van der Waals surface area contributed by atoms with Crippen LogP contribution in [0, 0.1) is 0 Å². The molecule has 0 heterocycles. The second-order valence-electron chi connectivity index (χ2n) is 0.792. The fourth-order valence-electron chi connectivity index (χ4n) is 0. The normalized spacial score (nSPS) is 10.4. The summed E-state index contributed by atoms with van der Waals surface area (Å²) in [6.45, 7) is 0. The molecule has 0 fully saturated rings. The topological polar surface area (TPSA) is 143 Å². The molecular formula is H2Mn2O8Sr. The van der Waals surface area contributed by atoms with E-state index in [4.69, 9.17) is 31.4 Å². The SMILES string of the molecule is [O]=[Mn](=[O])(=[O])[OH].[O]=[Mn](=[O])(=[O])[OH].[Sr]. The van der Waals surface area contributed by atoms with Crippen LogP contribution in [-0.4, -0.2) is 53.9 Å². The second kappa shape index (κ2) is 6.72. The largest absolute Gasteiger partial charge is 0 e. The molecule has 0 amide bonds. The molecule has 0 unspecified atom stereocenters. The molecule has 0 aromatic carbocycles. The van der Waals surface area contributed by atoms with Crippen molar-refractivity contribution in [2.45, 2.75) is 0 Å². The molecule has 0 bridgehead atoms. The Hall–Kier alpha value is 1.24. The van der Waals surface area contributed by atoms with Crippen LogP contribution in [0.25, 0.3) is 0 Å². The van der Waals surface area contributed by atoms with E-state index >= 15 is 0 Å². The van der Waals surface area contributed by atoms with Gasteiger partial charge in [-0.1, -0.05) is 0 Å². The first-order chi connectivity index (χ1) is 4.00. The smallest absolute Gasteiger partial charge is 0 e. The van der Waals surface area contributed by atoms with E-state index in [2.05, 4.69) is 0 Å². The summed E-state index contributed by atoms with van der Waals surface area (Å²) in [5.41, 5.74) is 0. The standard InChI is InChI=1S/2Mn.2H2O.6O.Sr/h;;2*1H2;;;;;;;/q2*+1;;;;;;;;;/p-2. The van der Waals surface area contributed by atoms with Crippen LogP contribution in [0.5, 0.6) is 0 Å². The summed E-state index contributed by atoms with van der Waals surface area (Å²) in [4.78, 5) is 0. The van der Waals surface area contributed by atoms with E-state index in [0.29, 0.717) is 0 Å². The summed E-state index contributed by atoms with van der Waals surface area (Å²) >= 11 is -10.8. The van der Waals surface area contributed by atoms with Gasteiger partial charge in [-0.25, -0.2) is 0 Å². The predicted octanol–water partition coefficient (Wildman–Crippen LogP) is -2.21. The zero-order chi connectivity index (χ0) is 9.00. The molecule has 8 nitrogen and oxygen atoms in total. The third-order valence-corrected chi connectivity index (χ3v) is 0. The van der Waals surface area contributed by atoms with Crippen LogP contribution in [0.3, 0.4) is 0 Å². The third-order valence-electron chi connectivity index (χ3n) is 0. The summed E-state index contributed by atoms with van der Waals surface area (Å²) in [5.74, 6) is 0. The first kappa shape index (κ1) is 18.1. The van der Waals surface area contributed by atoms with Gasteiger partial charge in [-0.15, -0.1) is 0 Å². The Morgan fingerprint density at radius 2 is 0.636 bits per heavy atom. The van der Waals surface area contributed by atoms with Gasteiger partial charge < -0.3 is 0 Å². The van der Waals surface area contributed by atoms with Gasteiger partial charge >= 0.3 is 57.3 Å². The Balaban J connectivity index is -0.000000107. The minimum atomic E-state index is -5.38. The molecule has 66 valence electrons. The number of rotatable bonds is 0. The molecule has 0 aliphatic carbocycles. The number of hydrogen-bond donors (Lipinski definition) is 2. The minimum Gasteiger partial charge on any atom is 0 e. The van der Waals surface area contributed by atoms with Gasteiger partial charge in [0.05, 0.1) is 0 Å². The predicted molar refractivity (Wildman–Crippen MR) is 14.3 cm³/mol. The van der Waals surface area contributed by atoms with Gasteiger partial charge in [0.2, 0.25) is 0 Å². The molecule has 0 saturated heterocycles. The van der Waals surface area contributed by atoms with E-state index < -0.39 is 25.9 Å². The van der Waals surface area contributed by atoms with E-state index in [1.165, 1.54) is 0 Å². The van der Waals surface area contributed by atoms with E-state index in [9.17, 15) is 0 Å². The fourth-order valence-corrected chi connectivity index (χ4v) is 0. The van der Waals surface area contributed by atoms with Gasteiger partial charge in [-0.3, -0.25) is 0 Å². The van der Waals surface area contributed by atoms with E-state index in [-0.39, 0.29) is 45.5 Å². The molecule has 0 spiro atoms. The molecule has 0 aliphatic rings. The van der Waals surface area contributed by atoms with Crippen molar-refractivity contribution in [2.75, 3.05) is 0 Å². The maximum absolute atomic E-state index is 8.69. The van der Waals surface area contributed by atoms with Crippen molar-refractivity contribution in [3.05, 3.63) is 0 Å². The number of hydrogen-bond acceptors (Lipinski definition) is 6. The molecule has 0 aromatic heterocycles. The molecular weight excluding hydrogens is 325 g/mol. The van der Waals surface area contributed by atoms with Gasteiger partial charge in [0.15, 0.2) is 0 Å². The Kier molecular flexibility index (Phi) is 11.1. The van der Waals surface area contributed by atoms with Gasteiger partial charge in [0.1, 0.15) is 0 Å². The fraction of sp³-hybridized carbons (Fsp3) is 0. The van der Waals surface area contributed by atoms with Crippen LogP contribution in [0.2, 0.25) is 0 Å². The van der Waals surface area contributed by atoms with Gasteiger partial charge in [0, 0.05) is 45.5 Å². The second-order valence-corrected chi connectivity index (χ2v) is 3.27. The zero-order valence-corrected chi connectivity index (χ0v) is 10.6. The van der Waals surface area contributed by atoms with E-state index in [1.807, 2.05) is 0 Å². The van der Waals surface area contributed by atoms with Gasteiger partial charge in [-0.2, -0.15) is 0 Å². The first-order valence-electron chi connectivity index (χ1n) is 1.26. The van der Waals surface area contributed by atoms with Crippen molar-refractivity contribution in [1.82, 2.24) is 0 Å². The first-order valence-corrected chi connectivity index (χ1v) is 5.21. The van der Waals surface area contributed by atoms with Gasteiger partial charge in [-0.05, 0) is 0 Å². The molecule has 11 heavy (non-hydrogen) atoms. The zero-order valence-electron chi connectivity index (χ0n) is 4.81. The maximum atomic E-state index is 8.69. The maximum Gasteiger partial charge on any atom is 0 e. The van der Waals surface area contributed by atoms with Crippen molar-refractivity contribution < 1.29 is 57.3 Å². The van der Waals surface area contributed by atoms with Crippen LogP contribution in [0.1, 0.15) is 0 Å². The molecule has 0 aliphatic heterocycles. The summed E-state index contributed by atoms with van der Waals surface area (Å²) < 4.78 is 66.1. The monoisotopic (exact) mass is 328 g/mol. The summed E-state index contributed by atoms with van der Waals surface area (Å²) in [5, 5.41) is 0. The van der Waals surface area contributed by atoms with Crippen LogP contribution in [0.15, 0.2) is 0 Å². The Labute approximate surface area is 101 Å². The molecule has 0 aromatic rings. The average molecular weight is 328 g/mol. The van der Waals surface area contributed by atoms with Crippen molar-refractivity contribution in [3.8, 4) is 0 Å². The van der Waals surface area contributed by atoms with Gasteiger partial charge in [0.25, 0.3) is 0 Å².